The Bertz CT molecular complexity index is 1380. The Morgan fingerprint density at radius 3 is 0.850 bits per heavy atom. The maximum absolute atomic E-state index is 5.07. The molecule has 40 heavy (non-hydrogen) atoms. The first-order chi connectivity index (χ1) is 19.9. The van der Waals surface area contributed by atoms with Gasteiger partial charge in [0.25, 0.3) is 0 Å². The van der Waals surface area contributed by atoms with Gasteiger partial charge in [0.05, 0.1) is 0 Å². The second kappa shape index (κ2) is 12.9. The molecular formula is C36H30N2P2. The lowest BCUT2D eigenvalue weighted by atomic mass is 10.1. The molecule has 194 valence electrons. The van der Waals surface area contributed by atoms with Crippen molar-refractivity contribution in [2.75, 3.05) is 0 Å². The average molecular weight is 553 g/mol. The minimum Gasteiger partial charge on any atom is -0.261 e. The topological polar surface area (TPSA) is 25.8 Å². The predicted molar refractivity (Wildman–Crippen MR) is 172 cm³/mol. The first-order valence-corrected chi connectivity index (χ1v) is 16.3. The number of rotatable bonds is 9. The van der Waals surface area contributed by atoms with Crippen LogP contribution < -0.4 is 21.2 Å². The van der Waals surface area contributed by atoms with Gasteiger partial charge in [0.2, 0.25) is 0 Å². The summed E-state index contributed by atoms with van der Waals surface area (Å²) in [6.07, 6.45) is 3.88. The SMILES string of the molecule is c1ccc(P(c2ccccc2)[C@@H](c2ccccn2)[C@H](c2ccccn2)P(c2ccccc2)c2ccccc2)cc1. The van der Waals surface area contributed by atoms with Crippen molar-refractivity contribution < 1.29 is 0 Å². The van der Waals surface area contributed by atoms with Gasteiger partial charge in [-0.15, -0.1) is 0 Å². The molecule has 2 atom stereocenters. The molecule has 4 heteroatoms. The number of hydrogen-bond donors (Lipinski definition) is 0. The zero-order valence-electron chi connectivity index (χ0n) is 22.1. The van der Waals surface area contributed by atoms with Crippen molar-refractivity contribution in [2.45, 2.75) is 11.3 Å². The summed E-state index contributed by atoms with van der Waals surface area (Å²) in [6.45, 7) is 0. The van der Waals surface area contributed by atoms with Gasteiger partial charge in [-0.25, -0.2) is 0 Å². The highest BCUT2D eigenvalue weighted by Gasteiger charge is 2.41. The highest BCUT2D eigenvalue weighted by atomic mass is 31.1. The van der Waals surface area contributed by atoms with Crippen LogP contribution in [-0.2, 0) is 0 Å². The van der Waals surface area contributed by atoms with Gasteiger partial charge in [-0.3, -0.25) is 9.97 Å². The van der Waals surface area contributed by atoms with Gasteiger partial charge in [-0.05, 0) is 61.3 Å². The molecule has 0 aliphatic heterocycles. The summed E-state index contributed by atoms with van der Waals surface area (Å²) in [7, 11) is -1.71. The van der Waals surface area contributed by atoms with Gasteiger partial charge in [0.15, 0.2) is 0 Å². The van der Waals surface area contributed by atoms with E-state index in [0.717, 1.165) is 11.4 Å². The third-order valence-corrected chi connectivity index (χ3v) is 12.9. The molecule has 0 saturated carbocycles. The molecule has 0 bridgehead atoms. The number of pyridine rings is 2. The minimum atomic E-state index is -0.853. The quantitative estimate of drug-likeness (QED) is 0.173. The van der Waals surface area contributed by atoms with Crippen molar-refractivity contribution >= 4 is 37.1 Å². The van der Waals surface area contributed by atoms with Crippen molar-refractivity contribution in [3.8, 4) is 0 Å². The second-order valence-electron chi connectivity index (χ2n) is 9.48. The van der Waals surface area contributed by atoms with E-state index >= 15 is 0 Å². The summed E-state index contributed by atoms with van der Waals surface area (Å²) in [5, 5.41) is 5.38. The maximum Gasteiger partial charge on any atom is 0.0494 e. The Kier molecular flexibility index (Phi) is 8.49. The van der Waals surface area contributed by atoms with Crippen LogP contribution in [0.3, 0.4) is 0 Å². The fourth-order valence-electron chi connectivity index (χ4n) is 5.27. The van der Waals surface area contributed by atoms with Crippen LogP contribution in [0.2, 0.25) is 0 Å². The molecule has 0 spiro atoms. The highest BCUT2D eigenvalue weighted by molar-refractivity contribution is 7.77. The molecule has 2 nitrogen and oxygen atoms in total. The number of aromatic nitrogens is 2. The molecule has 0 radical (unpaired) electrons. The molecule has 0 aliphatic carbocycles. The van der Waals surface area contributed by atoms with Crippen molar-refractivity contribution in [3.05, 3.63) is 182 Å². The Hall–Kier alpha value is -3.96. The van der Waals surface area contributed by atoms with Crippen LogP contribution in [0.25, 0.3) is 0 Å². The van der Waals surface area contributed by atoms with Gasteiger partial charge in [-0.2, -0.15) is 0 Å². The molecule has 0 N–H and O–H groups in total. The molecule has 6 aromatic rings. The monoisotopic (exact) mass is 552 g/mol. The van der Waals surface area contributed by atoms with Crippen LogP contribution in [0.1, 0.15) is 22.7 Å². The van der Waals surface area contributed by atoms with Crippen molar-refractivity contribution in [1.82, 2.24) is 9.97 Å². The van der Waals surface area contributed by atoms with Crippen LogP contribution >= 0.6 is 15.8 Å². The summed E-state index contributed by atoms with van der Waals surface area (Å²) in [5.41, 5.74) is 2.39. The minimum absolute atomic E-state index is 0.0856. The number of nitrogens with zero attached hydrogens (tertiary/aromatic N) is 2. The van der Waals surface area contributed by atoms with Gasteiger partial charge in [0, 0.05) is 35.1 Å². The van der Waals surface area contributed by atoms with E-state index in [1.807, 2.05) is 24.5 Å². The van der Waals surface area contributed by atoms with E-state index < -0.39 is 15.8 Å². The first-order valence-electron chi connectivity index (χ1n) is 13.5. The van der Waals surface area contributed by atoms with Crippen LogP contribution in [0.15, 0.2) is 170 Å². The van der Waals surface area contributed by atoms with E-state index in [1.54, 1.807) is 0 Å². The van der Waals surface area contributed by atoms with Gasteiger partial charge in [-0.1, -0.05) is 133 Å². The second-order valence-corrected chi connectivity index (χ2v) is 14.1. The Morgan fingerprint density at radius 1 is 0.325 bits per heavy atom. The molecule has 2 heterocycles. The predicted octanol–water partition coefficient (Wildman–Crippen LogP) is 7.52. The number of hydrogen-bond acceptors (Lipinski definition) is 2. The van der Waals surface area contributed by atoms with E-state index in [9.17, 15) is 0 Å². The van der Waals surface area contributed by atoms with E-state index in [4.69, 9.17) is 9.97 Å². The average Bonchev–Trinajstić information content (AvgIpc) is 3.05. The molecule has 6 rings (SSSR count). The summed E-state index contributed by atoms with van der Waals surface area (Å²) in [6, 6.07) is 56.7. The zero-order chi connectivity index (χ0) is 27.0. The van der Waals surface area contributed by atoms with Crippen LogP contribution in [0, 0.1) is 0 Å². The van der Waals surface area contributed by atoms with Crippen molar-refractivity contribution in [3.63, 3.8) is 0 Å². The molecule has 0 fully saturated rings. The molecule has 0 saturated heterocycles. The standard InChI is InChI=1S/C36H30N2P2/c1-5-17-29(18-6-1)39(30-19-7-2-8-20-30)35(33-25-13-15-27-37-33)36(34-26-14-16-28-38-34)40(31-21-9-3-10-22-31)32-23-11-4-12-24-32/h1-28,35-36H/t35-,36-/m0/s1. The number of benzene rings is 4. The summed E-state index contributed by atoms with van der Waals surface area (Å²) >= 11 is 0. The first kappa shape index (κ1) is 26.3. The molecule has 4 aromatic carbocycles. The molecule has 0 unspecified atom stereocenters. The summed E-state index contributed by atoms with van der Waals surface area (Å²) in [4.78, 5) is 10.1. The largest absolute Gasteiger partial charge is 0.261 e. The zero-order valence-corrected chi connectivity index (χ0v) is 23.9. The van der Waals surface area contributed by atoms with Crippen LogP contribution in [0.4, 0.5) is 0 Å². The van der Waals surface area contributed by atoms with Crippen LogP contribution in [-0.4, -0.2) is 9.97 Å². The van der Waals surface area contributed by atoms with E-state index in [2.05, 4.69) is 146 Å². The third kappa shape index (κ3) is 5.80. The lowest BCUT2D eigenvalue weighted by Gasteiger charge is -2.39. The fraction of sp³-hybridized carbons (Fsp3) is 0.0556. The Labute approximate surface area is 239 Å². The van der Waals surface area contributed by atoms with Crippen molar-refractivity contribution in [1.29, 1.82) is 0 Å². The van der Waals surface area contributed by atoms with Crippen LogP contribution in [0.5, 0.6) is 0 Å². The van der Waals surface area contributed by atoms with Gasteiger partial charge < -0.3 is 0 Å². The maximum atomic E-state index is 5.07. The Morgan fingerprint density at radius 2 is 0.600 bits per heavy atom. The van der Waals surface area contributed by atoms with Crippen molar-refractivity contribution in [2.24, 2.45) is 0 Å². The molecule has 0 amide bonds. The lowest BCUT2D eigenvalue weighted by molar-refractivity contribution is 0.824. The smallest absolute Gasteiger partial charge is 0.0494 e. The molecular weight excluding hydrogens is 522 g/mol. The molecule has 0 aliphatic rings. The highest BCUT2D eigenvalue weighted by Crippen LogP contribution is 2.65. The lowest BCUT2D eigenvalue weighted by Crippen LogP contribution is -2.27. The van der Waals surface area contributed by atoms with Gasteiger partial charge in [0.1, 0.15) is 0 Å². The fourth-order valence-corrected chi connectivity index (χ4v) is 11.6. The van der Waals surface area contributed by atoms with E-state index in [0.29, 0.717) is 0 Å². The normalized spacial score (nSPS) is 12.8. The summed E-state index contributed by atoms with van der Waals surface area (Å²) in [5.74, 6) is 0. The van der Waals surface area contributed by atoms with E-state index in [-0.39, 0.29) is 11.3 Å². The van der Waals surface area contributed by atoms with Gasteiger partial charge >= 0.3 is 0 Å². The summed E-state index contributed by atoms with van der Waals surface area (Å²) < 4.78 is 0. The third-order valence-electron chi connectivity index (χ3n) is 6.97. The Balaban J connectivity index is 1.67. The molecule has 2 aromatic heterocycles. The van der Waals surface area contributed by atoms with E-state index in [1.165, 1.54) is 21.2 Å².